The van der Waals surface area contributed by atoms with E-state index >= 15 is 0 Å². The molecule has 2 rings (SSSR count). The van der Waals surface area contributed by atoms with Gasteiger partial charge in [-0.25, -0.2) is 0 Å². The predicted molar refractivity (Wildman–Crippen MR) is 86.7 cm³/mol. The van der Waals surface area contributed by atoms with Crippen LogP contribution < -0.4 is 5.32 Å². The van der Waals surface area contributed by atoms with Gasteiger partial charge in [0.1, 0.15) is 5.78 Å². The number of hydrogen-bond donors (Lipinski definition) is 1. The maximum Gasteiger partial charge on any atom is 0.225 e. The van der Waals surface area contributed by atoms with Crippen molar-refractivity contribution < 1.29 is 14.3 Å². The van der Waals surface area contributed by atoms with E-state index in [0.29, 0.717) is 25.0 Å². The third-order valence-electron chi connectivity index (χ3n) is 3.56. The van der Waals surface area contributed by atoms with Crippen molar-refractivity contribution in [3.05, 3.63) is 0 Å². The van der Waals surface area contributed by atoms with E-state index in [1.165, 1.54) is 0 Å². The average molecular weight is 316 g/mol. The first-order chi connectivity index (χ1) is 10.2. The fourth-order valence-electron chi connectivity index (χ4n) is 2.14. The monoisotopic (exact) mass is 316 g/mol. The Bertz CT molecular complexity index is 308. The van der Waals surface area contributed by atoms with Gasteiger partial charge in [0, 0.05) is 50.5 Å². The largest absolute Gasteiger partial charge is 0.375 e. The average Bonchev–Trinajstić information content (AvgIpc) is 2.56. The molecule has 0 aliphatic carbocycles. The van der Waals surface area contributed by atoms with E-state index in [1.807, 2.05) is 30.5 Å². The molecule has 2 heterocycles. The zero-order valence-electron chi connectivity index (χ0n) is 13.2. The SMILES string of the molecule is CCC(=O)CC.O=C(CC1CNCCO1)N1CCSCC1. The summed E-state index contributed by atoms with van der Waals surface area (Å²) in [5.41, 5.74) is 0. The van der Waals surface area contributed by atoms with Crippen LogP contribution in [0.3, 0.4) is 0 Å². The maximum absolute atomic E-state index is 11.9. The maximum atomic E-state index is 11.9. The zero-order chi connectivity index (χ0) is 15.5. The molecule has 1 N–H and O–H groups in total. The molecule has 0 aromatic rings. The fourth-order valence-corrected chi connectivity index (χ4v) is 3.04. The van der Waals surface area contributed by atoms with Crippen molar-refractivity contribution in [3.63, 3.8) is 0 Å². The predicted octanol–water partition coefficient (Wildman–Crippen LogP) is 1.32. The highest BCUT2D eigenvalue weighted by molar-refractivity contribution is 7.99. The molecule has 0 aromatic heterocycles. The molecule has 0 aromatic carbocycles. The molecule has 1 atom stereocenters. The van der Waals surface area contributed by atoms with Crippen molar-refractivity contribution in [2.45, 2.75) is 39.2 Å². The molecule has 2 saturated heterocycles. The van der Waals surface area contributed by atoms with Crippen molar-refractivity contribution >= 4 is 23.5 Å². The number of hydrogen-bond acceptors (Lipinski definition) is 5. The smallest absolute Gasteiger partial charge is 0.225 e. The van der Waals surface area contributed by atoms with Crippen LogP contribution in [0.1, 0.15) is 33.1 Å². The summed E-state index contributed by atoms with van der Waals surface area (Å²) < 4.78 is 5.52. The first kappa shape index (κ1) is 18.5. The van der Waals surface area contributed by atoms with Crippen molar-refractivity contribution in [2.24, 2.45) is 0 Å². The van der Waals surface area contributed by atoms with E-state index in [2.05, 4.69) is 5.32 Å². The van der Waals surface area contributed by atoms with Gasteiger partial charge in [0.25, 0.3) is 0 Å². The number of morpholine rings is 1. The third-order valence-corrected chi connectivity index (χ3v) is 4.50. The lowest BCUT2D eigenvalue weighted by Crippen LogP contribution is -2.44. The van der Waals surface area contributed by atoms with Gasteiger partial charge in [-0.2, -0.15) is 11.8 Å². The summed E-state index contributed by atoms with van der Waals surface area (Å²) in [5, 5.41) is 3.24. The summed E-state index contributed by atoms with van der Waals surface area (Å²) in [6.45, 7) is 8.03. The summed E-state index contributed by atoms with van der Waals surface area (Å²) in [5.74, 6) is 2.75. The number of carbonyl (C=O) groups is 2. The fraction of sp³-hybridized carbons (Fsp3) is 0.867. The highest BCUT2D eigenvalue weighted by Gasteiger charge is 2.22. The van der Waals surface area contributed by atoms with E-state index in [0.717, 1.165) is 44.3 Å². The van der Waals surface area contributed by atoms with Crippen LogP contribution in [0.5, 0.6) is 0 Å². The topological polar surface area (TPSA) is 58.6 Å². The molecule has 1 amide bonds. The van der Waals surface area contributed by atoms with Crippen LogP contribution in [0.25, 0.3) is 0 Å². The Labute approximate surface area is 132 Å². The number of Topliss-reactive ketones (excluding diaryl/α,β-unsaturated/α-hetero) is 1. The Morgan fingerprint density at radius 1 is 1.24 bits per heavy atom. The van der Waals surface area contributed by atoms with Crippen molar-refractivity contribution in [2.75, 3.05) is 44.3 Å². The second kappa shape index (κ2) is 11.0. The molecule has 0 radical (unpaired) electrons. The normalized spacial score (nSPS) is 22.2. The molecule has 0 saturated carbocycles. The summed E-state index contributed by atoms with van der Waals surface area (Å²) in [4.78, 5) is 24.0. The highest BCUT2D eigenvalue weighted by Crippen LogP contribution is 2.12. The molecule has 21 heavy (non-hydrogen) atoms. The molecule has 0 spiro atoms. The van der Waals surface area contributed by atoms with Gasteiger partial charge in [0.05, 0.1) is 19.1 Å². The standard InChI is InChI=1S/C10H18N2O2S.C5H10O/c13-10(12-2-5-15-6-3-12)7-9-8-11-1-4-14-9;1-3-5(6)4-2/h9,11H,1-8H2;3-4H2,1-2H3. The van der Waals surface area contributed by atoms with Crippen LogP contribution in [-0.2, 0) is 14.3 Å². The quantitative estimate of drug-likeness (QED) is 0.847. The van der Waals surface area contributed by atoms with Crippen LogP contribution in [0, 0.1) is 0 Å². The molecule has 122 valence electrons. The minimum absolute atomic E-state index is 0.0841. The van der Waals surface area contributed by atoms with Crippen LogP contribution in [0.15, 0.2) is 0 Å². The second-order valence-corrected chi connectivity index (χ2v) is 6.36. The minimum atomic E-state index is 0.0841. The molecule has 1 unspecified atom stereocenters. The van der Waals surface area contributed by atoms with E-state index in [1.54, 1.807) is 0 Å². The van der Waals surface area contributed by atoms with Gasteiger partial charge >= 0.3 is 0 Å². The molecule has 2 aliphatic rings. The van der Waals surface area contributed by atoms with Gasteiger partial charge in [-0.3, -0.25) is 9.59 Å². The summed E-state index contributed by atoms with van der Waals surface area (Å²) in [7, 11) is 0. The summed E-state index contributed by atoms with van der Waals surface area (Å²) in [6, 6.07) is 0. The number of nitrogens with zero attached hydrogens (tertiary/aromatic N) is 1. The second-order valence-electron chi connectivity index (χ2n) is 5.14. The number of ketones is 1. The number of thioether (sulfide) groups is 1. The molecular formula is C15H28N2O3S. The number of rotatable bonds is 4. The lowest BCUT2D eigenvalue weighted by molar-refractivity contribution is -0.134. The number of amides is 1. The zero-order valence-corrected chi connectivity index (χ0v) is 14.0. The Kier molecular flexibility index (Phi) is 9.70. The van der Waals surface area contributed by atoms with E-state index in [-0.39, 0.29) is 12.0 Å². The number of ether oxygens (including phenoxy) is 1. The van der Waals surface area contributed by atoms with Gasteiger partial charge in [-0.05, 0) is 0 Å². The van der Waals surface area contributed by atoms with Gasteiger partial charge in [0.15, 0.2) is 0 Å². The number of nitrogens with one attached hydrogen (secondary N) is 1. The number of carbonyl (C=O) groups excluding carboxylic acids is 2. The molecule has 2 fully saturated rings. The van der Waals surface area contributed by atoms with Crippen LogP contribution in [-0.4, -0.2) is 67.0 Å². The lowest BCUT2D eigenvalue weighted by Gasteiger charge is -2.29. The highest BCUT2D eigenvalue weighted by atomic mass is 32.2. The van der Waals surface area contributed by atoms with Gasteiger partial charge < -0.3 is 15.0 Å². The van der Waals surface area contributed by atoms with Crippen molar-refractivity contribution in [1.82, 2.24) is 10.2 Å². The third kappa shape index (κ3) is 7.83. The summed E-state index contributed by atoms with van der Waals surface area (Å²) >= 11 is 1.92. The van der Waals surface area contributed by atoms with Crippen LogP contribution in [0.2, 0.25) is 0 Å². The first-order valence-corrected chi connectivity index (χ1v) is 9.02. The molecule has 0 bridgehead atoms. The van der Waals surface area contributed by atoms with E-state index < -0.39 is 0 Å². The van der Waals surface area contributed by atoms with Gasteiger partial charge in [-0.1, -0.05) is 13.8 Å². The molecule has 2 aliphatic heterocycles. The van der Waals surface area contributed by atoms with Gasteiger partial charge in [0.2, 0.25) is 5.91 Å². The Balaban J connectivity index is 0.000000315. The molecule has 6 heteroatoms. The molecule has 5 nitrogen and oxygen atoms in total. The Morgan fingerprint density at radius 3 is 2.38 bits per heavy atom. The van der Waals surface area contributed by atoms with Crippen molar-refractivity contribution in [1.29, 1.82) is 0 Å². The minimum Gasteiger partial charge on any atom is -0.375 e. The summed E-state index contributed by atoms with van der Waals surface area (Å²) in [6.07, 6.45) is 2.01. The van der Waals surface area contributed by atoms with Crippen molar-refractivity contribution in [3.8, 4) is 0 Å². The Hall–Kier alpha value is -0.590. The Morgan fingerprint density at radius 2 is 1.90 bits per heavy atom. The first-order valence-electron chi connectivity index (χ1n) is 7.86. The molecular weight excluding hydrogens is 288 g/mol. The van der Waals surface area contributed by atoms with Crippen LogP contribution >= 0.6 is 11.8 Å². The van der Waals surface area contributed by atoms with E-state index in [4.69, 9.17) is 4.74 Å². The lowest BCUT2D eigenvalue weighted by atomic mass is 10.2. The van der Waals surface area contributed by atoms with Crippen LogP contribution in [0.4, 0.5) is 0 Å². The van der Waals surface area contributed by atoms with Gasteiger partial charge in [-0.15, -0.1) is 0 Å². The van der Waals surface area contributed by atoms with E-state index in [9.17, 15) is 9.59 Å².